The molecular formula is C76H48N6. The molecule has 0 saturated heterocycles. The zero-order valence-electron chi connectivity index (χ0n) is 44.4. The average Bonchev–Trinajstić information content (AvgIpc) is 3.61. The molecule has 0 bridgehead atoms. The van der Waals surface area contributed by atoms with E-state index in [9.17, 15) is 0 Å². The van der Waals surface area contributed by atoms with Crippen molar-refractivity contribution in [1.29, 1.82) is 0 Å². The second kappa shape index (κ2) is 19.4. The third-order valence-corrected chi connectivity index (χ3v) is 16.3. The molecule has 0 atom stereocenters. The van der Waals surface area contributed by atoms with Crippen LogP contribution >= 0.6 is 0 Å². The van der Waals surface area contributed by atoms with Crippen molar-refractivity contribution in [3.05, 3.63) is 291 Å². The van der Waals surface area contributed by atoms with Gasteiger partial charge in [-0.15, -0.1) is 0 Å². The Morgan fingerprint density at radius 3 is 1.13 bits per heavy atom. The van der Waals surface area contributed by atoms with Crippen LogP contribution in [0, 0.1) is 0 Å². The summed E-state index contributed by atoms with van der Waals surface area (Å²) < 4.78 is 0. The van der Waals surface area contributed by atoms with Crippen molar-refractivity contribution in [1.82, 2.24) is 19.9 Å². The van der Waals surface area contributed by atoms with Crippen LogP contribution in [0.15, 0.2) is 291 Å². The molecule has 14 aromatic rings. The summed E-state index contributed by atoms with van der Waals surface area (Å²) in [7, 11) is 0. The van der Waals surface area contributed by atoms with Crippen LogP contribution in [0.25, 0.3) is 122 Å². The van der Waals surface area contributed by atoms with Crippen molar-refractivity contribution in [2.45, 2.75) is 0 Å². The quantitative estimate of drug-likeness (QED) is 0.148. The second-order valence-electron chi connectivity index (χ2n) is 20.9. The Kier molecular flexibility index (Phi) is 11.1. The van der Waals surface area contributed by atoms with Crippen molar-refractivity contribution in [2.24, 2.45) is 0 Å². The van der Waals surface area contributed by atoms with Gasteiger partial charge in [0.15, 0.2) is 0 Å². The first kappa shape index (κ1) is 47.0. The molecule has 0 spiro atoms. The first-order chi connectivity index (χ1) is 40.7. The lowest BCUT2D eigenvalue weighted by Gasteiger charge is -2.26. The summed E-state index contributed by atoms with van der Waals surface area (Å²) in [5.74, 6) is 1.20. The van der Waals surface area contributed by atoms with Crippen LogP contribution < -0.4 is 9.80 Å². The fraction of sp³-hybridized carbons (Fsp3) is 0. The average molecular weight is 1050 g/mol. The van der Waals surface area contributed by atoms with Gasteiger partial charge in [-0.3, -0.25) is 9.80 Å². The number of para-hydroxylation sites is 4. The highest BCUT2D eigenvalue weighted by Crippen LogP contribution is 2.55. The van der Waals surface area contributed by atoms with Gasteiger partial charge in [0.05, 0.1) is 39.8 Å². The van der Waals surface area contributed by atoms with Crippen molar-refractivity contribution in [3.63, 3.8) is 0 Å². The molecular weight excluding hydrogens is 997 g/mol. The minimum Gasteiger partial charge on any atom is -0.278 e. The van der Waals surface area contributed by atoms with Crippen molar-refractivity contribution >= 4 is 56.2 Å². The Hall–Kier alpha value is -11.1. The number of rotatable bonds is 7. The molecule has 2 aromatic heterocycles. The third-order valence-electron chi connectivity index (χ3n) is 16.3. The zero-order chi connectivity index (χ0) is 54.1. The summed E-state index contributed by atoms with van der Waals surface area (Å²) in [4.78, 5) is 25.7. The van der Waals surface area contributed by atoms with E-state index >= 15 is 0 Å². The summed E-state index contributed by atoms with van der Waals surface area (Å²) >= 11 is 0. The highest BCUT2D eigenvalue weighted by atomic mass is 15.3. The first-order valence-corrected chi connectivity index (χ1v) is 27.8. The van der Waals surface area contributed by atoms with Gasteiger partial charge < -0.3 is 0 Å². The maximum atomic E-state index is 5.52. The van der Waals surface area contributed by atoms with Gasteiger partial charge in [0, 0.05) is 56.3 Å². The van der Waals surface area contributed by atoms with Crippen LogP contribution in [-0.4, -0.2) is 19.9 Å². The molecule has 0 amide bonds. The van der Waals surface area contributed by atoms with E-state index in [0.717, 1.165) is 89.9 Å². The normalized spacial score (nSPS) is 12.1. The van der Waals surface area contributed by atoms with E-state index in [0.29, 0.717) is 11.9 Å². The van der Waals surface area contributed by atoms with E-state index in [1.54, 1.807) is 0 Å². The largest absolute Gasteiger partial charge is 0.278 e. The predicted molar refractivity (Wildman–Crippen MR) is 338 cm³/mol. The minimum absolute atomic E-state index is 0.594. The zero-order valence-corrected chi connectivity index (χ0v) is 44.4. The first-order valence-electron chi connectivity index (χ1n) is 27.8. The maximum Gasteiger partial charge on any atom is 0.235 e. The van der Waals surface area contributed by atoms with Gasteiger partial charge in [-0.05, 0) is 97.4 Å². The van der Waals surface area contributed by atoms with E-state index in [4.69, 9.17) is 19.9 Å². The Labute approximate surface area is 475 Å². The molecule has 0 radical (unpaired) electrons. The topological polar surface area (TPSA) is 58.0 Å². The number of benzene rings is 12. The summed E-state index contributed by atoms with van der Waals surface area (Å²) in [6.07, 6.45) is 1.87. The van der Waals surface area contributed by atoms with E-state index < -0.39 is 0 Å². The molecule has 382 valence electrons. The summed E-state index contributed by atoms with van der Waals surface area (Å²) in [5.41, 5.74) is 23.4. The Morgan fingerprint density at radius 1 is 0.220 bits per heavy atom. The molecule has 12 aromatic carbocycles. The van der Waals surface area contributed by atoms with Gasteiger partial charge in [-0.2, -0.15) is 0 Å². The number of aromatic nitrogens is 4. The second-order valence-corrected chi connectivity index (χ2v) is 20.9. The number of nitrogens with zero attached hydrogens (tertiary/aromatic N) is 6. The fourth-order valence-electron chi connectivity index (χ4n) is 12.5. The van der Waals surface area contributed by atoms with Crippen LogP contribution in [0.2, 0.25) is 0 Å². The predicted octanol–water partition coefficient (Wildman–Crippen LogP) is 20.1. The summed E-state index contributed by atoms with van der Waals surface area (Å²) in [6.45, 7) is 0. The number of hydrogen-bond acceptors (Lipinski definition) is 6. The van der Waals surface area contributed by atoms with Gasteiger partial charge >= 0.3 is 0 Å². The molecule has 0 saturated carbocycles. The third kappa shape index (κ3) is 7.80. The van der Waals surface area contributed by atoms with E-state index in [-0.39, 0.29) is 0 Å². The van der Waals surface area contributed by atoms with Crippen LogP contribution in [0.3, 0.4) is 0 Å². The molecule has 2 aliphatic rings. The van der Waals surface area contributed by atoms with E-state index in [1.165, 1.54) is 54.9 Å². The SMILES string of the molecule is c1ccc(-c2ccc3c(c2)-c2ccccc2N(c2nccc(-c4ccc(-c5ccc(-c6cc(-c7ccccc7)nc(N7c8ccccc8-c8c(c9ccccc9c9ccccc89)-c8ccccc87)n6)cc5)cc4)n2)c2ccccc2-3)cc1. The minimum atomic E-state index is 0.594. The molecule has 0 aliphatic carbocycles. The lowest BCUT2D eigenvalue weighted by molar-refractivity contribution is 1.09. The van der Waals surface area contributed by atoms with Gasteiger partial charge in [-0.25, -0.2) is 19.9 Å². The molecule has 2 aliphatic heterocycles. The Balaban J connectivity index is 0.754. The molecule has 82 heavy (non-hydrogen) atoms. The lowest BCUT2D eigenvalue weighted by Crippen LogP contribution is -2.15. The van der Waals surface area contributed by atoms with E-state index in [2.05, 4.69) is 283 Å². The summed E-state index contributed by atoms with van der Waals surface area (Å²) in [6, 6.07) is 102. The molecule has 4 heterocycles. The molecule has 0 unspecified atom stereocenters. The molecule has 6 heteroatoms. The van der Waals surface area contributed by atoms with Crippen LogP contribution in [0.4, 0.5) is 34.6 Å². The van der Waals surface area contributed by atoms with E-state index in [1.807, 2.05) is 18.3 Å². The summed E-state index contributed by atoms with van der Waals surface area (Å²) in [5, 5.41) is 4.88. The number of hydrogen-bond donors (Lipinski definition) is 0. The van der Waals surface area contributed by atoms with Crippen LogP contribution in [0.1, 0.15) is 0 Å². The van der Waals surface area contributed by atoms with Crippen LogP contribution in [-0.2, 0) is 0 Å². The van der Waals surface area contributed by atoms with Crippen molar-refractivity contribution < 1.29 is 0 Å². The molecule has 0 N–H and O–H groups in total. The Morgan fingerprint density at radius 2 is 0.585 bits per heavy atom. The standard InChI is InChI=1S/C76H48N6/c1-3-19-49(20-4-1)55-43-44-58-59-25-11-15-31-69(59)81(70-32-16-12-26-60(70)65(58)47-55)75-77-46-45-66(78-75)53-39-35-50(36-40-53)51-37-41-54(42-38-51)68-48-67(52-21-5-2-6-22-52)79-76(80-68)82-71-33-17-13-29-63(71)73-61-27-9-7-23-56(61)57-24-8-10-28-62(57)74(73)64-30-14-18-34-72(64)82/h1-48H. The van der Waals surface area contributed by atoms with Crippen LogP contribution in [0.5, 0.6) is 0 Å². The fourth-order valence-corrected chi connectivity index (χ4v) is 12.5. The van der Waals surface area contributed by atoms with Gasteiger partial charge in [-0.1, -0.05) is 243 Å². The Bertz CT molecular complexity index is 4700. The van der Waals surface area contributed by atoms with Crippen molar-refractivity contribution in [3.8, 4) is 101 Å². The smallest absolute Gasteiger partial charge is 0.235 e. The van der Waals surface area contributed by atoms with Crippen molar-refractivity contribution in [2.75, 3.05) is 9.80 Å². The van der Waals surface area contributed by atoms with Gasteiger partial charge in [0.25, 0.3) is 0 Å². The van der Waals surface area contributed by atoms with Gasteiger partial charge in [0.1, 0.15) is 0 Å². The molecule has 6 nitrogen and oxygen atoms in total. The van der Waals surface area contributed by atoms with Gasteiger partial charge in [0.2, 0.25) is 11.9 Å². The maximum absolute atomic E-state index is 5.52. The lowest BCUT2D eigenvalue weighted by atomic mass is 9.85. The number of anilines is 6. The monoisotopic (exact) mass is 1040 g/mol. The molecule has 0 fully saturated rings. The number of fused-ring (bicyclic) bond motifs is 15. The highest BCUT2D eigenvalue weighted by Gasteiger charge is 2.32. The molecule has 16 rings (SSSR count). The highest BCUT2D eigenvalue weighted by molar-refractivity contribution is 6.24.